The summed E-state index contributed by atoms with van der Waals surface area (Å²) in [5.74, 6) is -0.387. The van der Waals surface area contributed by atoms with Crippen LogP contribution in [-0.2, 0) is 28.5 Å². The number of ether oxygens (including phenoxy) is 5. The van der Waals surface area contributed by atoms with E-state index in [1.54, 1.807) is 0 Å². The first-order chi connectivity index (χ1) is 9.31. The fourth-order valence-electron chi connectivity index (χ4n) is 1.05. The Kier molecular flexibility index (Phi) is 14.7. The topological polar surface area (TPSA) is 75.3 Å². The third-order valence-electron chi connectivity index (χ3n) is 2.06. The maximum absolute atomic E-state index is 10.7. The smallest absolute Gasteiger partial charge is 0.331 e. The van der Waals surface area contributed by atoms with Gasteiger partial charge in [-0.15, -0.1) is 0 Å². The van der Waals surface area contributed by atoms with Crippen molar-refractivity contribution in [1.82, 2.24) is 5.32 Å². The van der Waals surface area contributed by atoms with Crippen LogP contribution >= 0.6 is 0 Å². The first kappa shape index (κ1) is 18.3. The maximum atomic E-state index is 10.7. The number of nitrogens with one attached hydrogen (secondary N) is 1. The van der Waals surface area contributed by atoms with Crippen molar-refractivity contribution in [2.45, 2.75) is 0 Å². The molecule has 7 heteroatoms. The molecule has 1 N–H and O–H groups in total. The van der Waals surface area contributed by atoms with Gasteiger partial charge in [0.1, 0.15) is 6.61 Å². The van der Waals surface area contributed by atoms with E-state index in [0.29, 0.717) is 46.2 Å². The molecule has 0 heterocycles. The Bertz CT molecular complexity index is 203. The molecule has 0 aliphatic heterocycles. The standard InChI is InChI=1S/C12H25NO6/c1-13-3-4-16-5-6-17-7-8-18-9-10-19-11-12(14)15-2/h13H,3-11H2,1-2H3. The van der Waals surface area contributed by atoms with Gasteiger partial charge in [-0.05, 0) is 7.05 Å². The Labute approximate surface area is 114 Å². The lowest BCUT2D eigenvalue weighted by atomic mass is 10.6. The molecule has 0 saturated carbocycles. The fourth-order valence-corrected chi connectivity index (χ4v) is 1.05. The molecule has 7 nitrogen and oxygen atoms in total. The van der Waals surface area contributed by atoms with Crippen molar-refractivity contribution in [2.24, 2.45) is 0 Å². The Balaban J connectivity index is 2.97. The van der Waals surface area contributed by atoms with Gasteiger partial charge in [-0.3, -0.25) is 0 Å². The van der Waals surface area contributed by atoms with Crippen molar-refractivity contribution in [3.05, 3.63) is 0 Å². The summed E-state index contributed by atoms with van der Waals surface area (Å²) >= 11 is 0. The lowest BCUT2D eigenvalue weighted by Crippen LogP contribution is -2.17. The average molecular weight is 279 g/mol. The molecule has 0 saturated heterocycles. The highest BCUT2D eigenvalue weighted by atomic mass is 16.6. The van der Waals surface area contributed by atoms with Crippen LogP contribution in [0, 0.1) is 0 Å². The Morgan fingerprint density at radius 3 is 1.79 bits per heavy atom. The third-order valence-corrected chi connectivity index (χ3v) is 2.06. The van der Waals surface area contributed by atoms with E-state index in [0.717, 1.165) is 6.54 Å². The fraction of sp³-hybridized carbons (Fsp3) is 0.917. The summed E-state index contributed by atoms with van der Waals surface area (Å²) < 4.78 is 25.2. The summed E-state index contributed by atoms with van der Waals surface area (Å²) in [6.45, 7) is 4.45. The van der Waals surface area contributed by atoms with Gasteiger partial charge in [-0.1, -0.05) is 0 Å². The van der Waals surface area contributed by atoms with Gasteiger partial charge in [0.25, 0.3) is 0 Å². The molecule has 0 fully saturated rings. The molecule has 0 rings (SSSR count). The van der Waals surface area contributed by atoms with E-state index in [4.69, 9.17) is 18.9 Å². The number of hydrogen-bond donors (Lipinski definition) is 1. The maximum Gasteiger partial charge on any atom is 0.331 e. The van der Waals surface area contributed by atoms with Crippen LogP contribution in [0.1, 0.15) is 0 Å². The molecule has 114 valence electrons. The van der Waals surface area contributed by atoms with Gasteiger partial charge in [-0.25, -0.2) is 4.79 Å². The van der Waals surface area contributed by atoms with Crippen LogP contribution in [0.4, 0.5) is 0 Å². The molecule has 0 aromatic carbocycles. The molecule has 0 unspecified atom stereocenters. The van der Waals surface area contributed by atoms with Gasteiger partial charge >= 0.3 is 5.97 Å². The van der Waals surface area contributed by atoms with E-state index < -0.39 is 0 Å². The zero-order valence-corrected chi connectivity index (χ0v) is 11.8. The molecule has 0 aromatic heterocycles. The average Bonchev–Trinajstić information content (AvgIpc) is 2.43. The largest absolute Gasteiger partial charge is 0.467 e. The summed E-state index contributed by atoms with van der Waals surface area (Å²) in [6.07, 6.45) is 0. The van der Waals surface area contributed by atoms with Crippen molar-refractivity contribution in [3.8, 4) is 0 Å². The summed E-state index contributed by atoms with van der Waals surface area (Å²) in [4.78, 5) is 10.7. The van der Waals surface area contributed by atoms with Crippen molar-refractivity contribution in [1.29, 1.82) is 0 Å². The molecule has 0 aromatic rings. The molecule has 0 bridgehead atoms. The second-order valence-electron chi connectivity index (χ2n) is 3.57. The highest BCUT2D eigenvalue weighted by Gasteiger charge is 1.98. The summed E-state index contributed by atoms with van der Waals surface area (Å²) in [7, 11) is 3.20. The van der Waals surface area contributed by atoms with Crippen LogP contribution in [0.25, 0.3) is 0 Å². The molecule has 0 spiro atoms. The van der Waals surface area contributed by atoms with Crippen LogP contribution in [-0.4, -0.2) is 79.5 Å². The lowest BCUT2D eigenvalue weighted by molar-refractivity contribution is -0.146. The molecule has 0 radical (unpaired) electrons. The number of rotatable bonds is 14. The van der Waals surface area contributed by atoms with Crippen LogP contribution < -0.4 is 5.32 Å². The third kappa shape index (κ3) is 15.2. The summed E-state index contributed by atoms with van der Waals surface area (Å²) in [5.41, 5.74) is 0. The Morgan fingerprint density at radius 2 is 1.32 bits per heavy atom. The van der Waals surface area contributed by atoms with Gasteiger partial charge in [0.2, 0.25) is 0 Å². The van der Waals surface area contributed by atoms with E-state index in [1.165, 1.54) is 7.11 Å². The minimum absolute atomic E-state index is 0.0414. The zero-order chi connectivity index (χ0) is 14.2. The zero-order valence-electron chi connectivity index (χ0n) is 11.8. The van der Waals surface area contributed by atoms with Crippen LogP contribution in [0.15, 0.2) is 0 Å². The van der Waals surface area contributed by atoms with Crippen molar-refractivity contribution < 1.29 is 28.5 Å². The van der Waals surface area contributed by atoms with Crippen molar-refractivity contribution in [3.63, 3.8) is 0 Å². The monoisotopic (exact) mass is 279 g/mol. The highest BCUT2D eigenvalue weighted by molar-refractivity contribution is 5.70. The molecule has 0 atom stereocenters. The van der Waals surface area contributed by atoms with Crippen LogP contribution in [0.3, 0.4) is 0 Å². The number of carbonyl (C=O) groups excluding carboxylic acids is 1. The minimum atomic E-state index is -0.387. The number of likely N-dealkylation sites (N-methyl/N-ethyl adjacent to an activating group) is 1. The first-order valence-corrected chi connectivity index (χ1v) is 6.33. The second-order valence-corrected chi connectivity index (χ2v) is 3.57. The first-order valence-electron chi connectivity index (χ1n) is 6.33. The summed E-state index contributed by atoms with van der Waals surface area (Å²) in [5, 5.41) is 2.99. The van der Waals surface area contributed by atoms with E-state index in [-0.39, 0.29) is 12.6 Å². The van der Waals surface area contributed by atoms with Gasteiger partial charge in [0.05, 0.1) is 53.4 Å². The number of methoxy groups -OCH3 is 1. The van der Waals surface area contributed by atoms with E-state index >= 15 is 0 Å². The highest BCUT2D eigenvalue weighted by Crippen LogP contribution is 1.83. The van der Waals surface area contributed by atoms with Gasteiger partial charge < -0.3 is 29.0 Å². The Morgan fingerprint density at radius 1 is 0.842 bits per heavy atom. The van der Waals surface area contributed by atoms with Gasteiger partial charge in [0, 0.05) is 6.54 Å². The van der Waals surface area contributed by atoms with Gasteiger partial charge in [-0.2, -0.15) is 0 Å². The quantitative estimate of drug-likeness (QED) is 0.337. The van der Waals surface area contributed by atoms with Crippen LogP contribution in [0.5, 0.6) is 0 Å². The summed E-state index contributed by atoms with van der Waals surface area (Å²) in [6, 6.07) is 0. The number of hydrogen-bond acceptors (Lipinski definition) is 7. The van der Waals surface area contributed by atoms with E-state index in [2.05, 4.69) is 10.1 Å². The predicted molar refractivity (Wildman–Crippen MR) is 69.2 cm³/mol. The normalized spacial score (nSPS) is 10.6. The molecule has 19 heavy (non-hydrogen) atoms. The van der Waals surface area contributed by atoms with Crippen molar-refractivity contribution in [2.75, 3.05) is 73.6 Å². The predicted octanol–water partition coefficient (Wildman–Crippen LogP) is -0.555. The minimum Gasteiger partial charge on any atom is -0.467 e. The number of carbonyl (C=O) groups is 1. The lowest BCUT2D eigenvalue weighted by Gasteiger charge is -2.07. The van der Waals surface area contributed by atoms with Crippen molar-refractivity contribution >= 4 is 5.97 Å². The molecule has 0 aliphatic carbocycles. The molecular formula is C12H25NO6. The molecule has 0 aliphatic rings. The van der Waals surface area contributed by atoms with Gasteiger partial charge in [0.15, 0.2) is 0 Å². The van der Waals surface area contributed by atoms with E-state index in [9.17, 15) is 4.79 Å². The molecule has 0 amide bonds. The SMILES string of the molecule is CNCCOCCOCCOCCOCC(=O)OC. The molecular weight excluding hydrogens is 254 g/mol. The number of esters is 1. The van der Waals surface area contributed by atoms with Crippen LogP contribution in [0.2, 0.25) is 0 Å². The van der Waals surface area contributed by atoms with E-state index in [1.807, 2.05) is 7.05 Å². The Hall–Kier alpha value is -0.730. The second kappa shape index (κ2) is 15.3.